The number of carbonyl (C=O) groups is 1. The van der Waals surface area contributed by atoms with Crippen molar-refractivity contribution in [3.05, 3.63) is 64.7 Å². The van der Waals surface area contributed by atoms with Gasteiger partial charge in [0.1, 0.15) is 22.9 Å². The average molecular weight is 359 g/mol. The molecule has 0 aromatic heterocycles. The minimum absolute atomic E-state index is 0.0177. The Bertz CT molecular complexity index is 829. The Morgan fingerprint density at radius 2 is 1.92 bits per heavy atom. The molecule has 0 spiro atoms. The molecule has 2 aliphatic rings. The zero-order chi connectivity index (χ0) is 18.3. The van der Waals surface area contributed by atoms with Crippen LogP contribution in [0.5, 0.6) is 5.75 Å². The maximum Gasteiger partial charge on any atom is 0.257 e. The van der Waals surface area contributed by atoms with Crippen molar-refractivity contribution < 1.29 is 23.4 Å². The first-order valence-corrected chi connectivity index (χ1v) is 8.71. The third-order valence-corrected chi connectivity index (χ3v) is 5.17. The third kappa shape index (κ3) is 3.05. The summed E-state index contributed by atoms with van der Waals surface area (Å²) in [6, 6.07) is 8.61. The van der Waals surface area contributed by atoms with E-state index in [1.807, 2.05) is 18.2 Å². The van der Waals surface area contributed by atoms with Gasteiger partial charge in [0.15, 0.2) is 0 Å². The third-order valence-electron chi connectivity index (χ3n) is 5.17. The molecule has 1 atom stereocenters. The number of halogens is 2. The van der Waals surface area contributed by atoms with E-state index in [1.165, 1.54) is 6.07 Å². The smallest absolute Gasteiger partial charge is 0.257 e. The van der Waals surface area contributed by atoms with E-state index in [9.17, 15) is 18.7 Å². The van der Waals surface area contributed by atoms with Gasteiger partial charge in [0.05, 0.1) is 18.8 Å². The standard InChI is InChI=1S/C20H19F2NO3/c21-15-2-1-3-16(22)18(15)20(25)23-19(13-9-14(24)10-13)12-4-5-17-11(8-12)6-7-26-17/h1-5,8,13-14,19,24H,6-7,9-10H2,(H,23,25)/t13?,14?,19-/m1/s1. The van der Waals surface area contributed by atoms with E-state index < -0.39 is 35.3 Å². The van der Waals surface area contributed by atoms with Crippen LogP contribution in [0, 0.1) is 17.6 Å². The van der Waals surface area contributed by atoms with Crippen LogP contribution in [0.3, 0.4) is 0 Å². The second kappa shape index (κ2) is 6.68. The van der Waals surface area contributed by atoms with Gasteiger partial charge in [-0.2, -0.15) is 0 Å². The van der Waals surface area contributed by atoms with Gasteiger partial charge in [-0.05, 0) is 54.2 Å². The second-order valence-electron chi connectivity index (χ2n) is 6.90. The normalized spacial score (nSPS) is 22.1. The minimum Gasteiger partial charge on any atom is -0.493 e. The molecule has 6 heteroatoms. The molecule has 1 heterocycles. The van der Waals surface area contributed by atoms with Crippen LogP contribution in [-0.2, 0) is 6.42 Å². The first-order valence-electron chi connectivity index (χ1n) is 8.71. The molecule has 1 aliphatic heterocycles. The fourth-order valence-corrected chi connectivity index (χ4v) is 3.70. The van der Waals surface area contributed by atoms with E-state index in [0.717, 1.165) is 35.4 Å². The van der Waals surface area contributed by atoms with Crippen LogP contribution < -0.4 is 10.1 Å². The molecule has 1 amide bonds. The van der Waals surface area contributed by atoms with Crippen molar-refractivity contribution in [3.63, 3.8) is 0 Å². The number of hydrogen-bond donors (Lipinski definition) is 2. The van der Waals surface area contributed by atoms with E-state index in [0.29, 0.717) is 19.4 Å². The summed E-state index contributed by atoms with van der Waals surface area (Å²) >= 11 is 0. The molecule has 0 radical (unpaired) electrons. The molecule has 0 unspecified atom stereocenters. The fraction of sp³-hybridized carbons (Fsp3) is 0.350. The number of fused-ring (bicyclic) bond motifs is 1. The minimum atomic E-state index is -0.891. The number of aliphatic hydroxyl groups is 1. The van der Waals surface area contributed by atoms with Crippen LogP contribution in [0.15, 0.2) is 36.4 Å². The molecular weight excluding hydrogens is 340 g/mol. The van der Waals surface area contributed by atoms with Gasteiger partial charge in [0.25, 0.3) is 5.91 Å². The first kappa shape index (κ1) is 17.0. The summed E-state index contributed by atoms with van der Waals surface area (Å²) in [6.45, 7) is 0.623. The molecule has 4 rings (SSSR count). The molecule has 0 bridgehead atoms. The van der Waals surface area contributed by atoms with Crippen LogP contribution >= 0.6 is 0 Å². The van der Waals surface area contributed by atoms with E-state index >= 15 is 0 Å². The van der Waals surface area contributed by atoms with Gasteiger partial charge in [-0.15, -0.1) is 0 Å². The van der Waals surface area contributed by atoms with Gasteiger partial charge < -0.3 is 15.2 Å². The highest BCUT2D eigenvalue weighted by molar-refractivity contribution is 5.95. The molecule has 136 valence electrons. The predicted octanol–water partition coefficient (Wildman–Crippen LogP) is 3.14. The number of rotatable bonds is 4. The van der Waals surface area contributed by atoms with Crippen molar-refractivity contribution in [3.8, 4) is 5.75 Å². The van der Waals surface area contributed by atoms with Crippen molar-refractivity contribution in [1.82, 2.24) is 5.32 Å². The molecule has 2 N–H and O–H groups in total. The Morgan fingerprint density at radius 1 is 1.19 bits per heavy atom. The van der Waals surface area contributed by atoms with Gasteiger partial charge in [0, 0.05) is 6.42 Å². The maximum atomic E-state index is 13.9. The van der Waals surface area contributed by atoms with Gasteiger partial charge >= 0.3 is 0 Å². The lowest BCUT2D eigenvalue weighted by Gasteiger charge is -2.38. The topological polar surface area (TPSA) is 58.6 Å². The Hall–Kier alpha value is -2.47. The van der Waals surface area contributed by atoms with Crippen molar-refractivity contribution >= 4 is 5.91 Å². The van der Waals surface area contributed by atoms with Gasteiger partial charge in [-0.1, -0.05) is 12.1 Å². The Balaban J connectivity index is 1.63. The zero-order valence-electron chi connectivity index (χ0n) is 14.0. The van der Waals surface area contributed by atoms with E-state index in [4.69, 9.17) is 4.74 Å². The molecule has 4 nitrogen and oxygen atoms in total. The lowest BCUT2D eigenvalue weighted by Crippen LogP contribution is -2.41. The second-order valence-corrected chi connectivity index (χ2v) is 6.90. The van der Waals surface area contributed by atoms with Crippen LogP contribution in [0.4, 0.5) is 8.78 Å². The fourth-order valence-electron chi connectivity index (χ4n) is 3.70. The Kier molecular flexibility index (Phi) is 4.36. The number of ether oxygens (including phenoxy) is 1. The van der Waals surface area contributed by atoms with Gasteiger partial charge in [-0.3, -0.25) is 4.79 Å². The summed E-state index contributed by atoms with van der Waals surface area (Å²) in [4.78, 5) is 12.6. The summed E-state index contributed by atoms with van der Waals surface area (Å²) in [7, 11) is 0. The van der Waals surface area contributed by atoms with Crippen LogP contribution in [-0.4, -0.2) is 23.7 Å². The summed E-state index contributed by atoms with van der Waals surface area (Å²) in [6.07, 6.45) is 1.47. The number of hydrogen-bond acceptors (Lipinski definition) is 3. The summed E-state index contributed by atoms with van der Waals surface area (Å²) < 4.78 is 33.4. The lowest BCUT2D eigenvalue weighted by molar-refractivity contribution is 0.0234. The van der Waals surface area contributed by atoms with E-state index in [2.05, 4.69) is 5.32 Å². The zero-order valence-corrected chi connectivity index (χ0v) is 14.0. The molecule has 2 aromatic carbocycles. The highest BCUT2D eigenvalue weighted by atomic mass is 19.1. The summed E-state index contributed by atoms with van der Waals surface area (Å²) in [5.74, 6) is -1.73. The maximum absolute atomic E-state index is 13.9. The molecule has 26 heavy (non-hydrogen) atoms. The highest BCUT2D eigenvalue weighted by Gasteiger charge is 2.36. The van der Waals surface area contributed by atoms with Crippen molar-refractivity contribution in [2.45, 2.75) is 31.4 Å². The SMILES string of the molecule is O=C(N[C@H](c1ccc2c(c1)CCO2)C1CC(O)C1)c1c(F)cccc1F. The van der Waals surface area contributed by atoms with Crippen molar-refractivity contribution in [2.75, 3.05) is 6.61 Å². The van der Waals surface area contributed by atoms with Crippen molar-refractivity contribution in [1.29, 1.82) is 0 Å². The molecule has 1 saturated carbocycles. The lowest BCUT2D eigenvalue weighted by atomic mass is 9.74. The van der Waals surface area contributed by atoms with Gasteiger partial charge in [0.2, 0.25) is 0 Å². The van der Waals surface area contributed by atoms with E-state index in [1.54, 1.807) is 0 Å². The predicted molar refractivity (Wildman–Crippen MR) is 90.9 cm³/mol. The average Bonchev–Trinajstić information content (AvgIpc) is 3.04. The molecule has 0 saturated heterocycles. The number of benzene rings is 2. The Labute approximate surface area is 149 Å². The number of aliphatic hydroxyl groups excluding tert-OH is 1. The largest absolute Gasteiger partial charge is 0.493 e. The summed E-state index contributed by atoms with van der Waals surface area (Å²) in [5.41, 5.74) is 1.33. The Morgan fingerprint density at radius 3 is 2.62 bits per heavy atom. The number of amides is 1. The van der Waals surface area contributed by atoms with Crippen LogP contribution in [0.25, 0.3) is 0 Å². The van der Waals surface area contributed by atoms with Crippen LogP contribution in [0.2, 0.25) is 0 Å². The number of nitrogens with one attached hydrogen (secondary N) is 1. The monoisotopic (exact) mass is 359 g/mol. The van der Waals surface area contributed by atoms with E-state index in [-0.39, 0.29) is 5.92 Å². The summed E-state index contributed by atoms with van der Waals surface area (Å²) in [5, 5.41) is 12.4. The molecule has 2 aromatic rings. The molecule has 1 fully saturated rings. The first-order chi connectivity index (χ1) is 12.5. The van der Waals surface area contributed by atoms with Gasteiger partial charge in [-0.25, -0.2) is 8.78 Å². The molecular formula is C20H19F2NO3. The molecule has 1 aliphatic carbocycles. The van der Waals surface area contributed by atoms with Crippen molar-refractivity contribution in [2.24, 2.45) is 5.92 Å². The van der Waals surface area contributed by atoms with Crippen LogP contribution in [0.1, 0.15) is 40.4 Å². The highest BCUT2D eigenvalue weighted by Crippen LogP contribution is 2.40. The number of carbonyl (C=O) groups excluding carboxylic acids is 1. The quantitative estimate of drug-likeness (QED) is 0.882.